The lowest BCUT2D eigenvalue weighted by molar-refractivity contribution is 0.0725. The van der Waals surface area contributed by atoms with Crippen LogP contribution in [0.15, 0.2) is 35.9 Å². The van der Waals surface area contributed by atoms with Gasteiger partial charge in [-0.15, -0.1) is 0 Å². The van der Waals surface area contributed by atoms with Crippen molar-refractivity contribution in [2.75, 3.05) is 0 Å². The van der Waals surface area contributed by atoms with Gasteiger partial charge in [-0.25, -0.2) is 0 Å². The monoisotopic (exact) mass is 266 g/mol. The van der Waals surface area contributed by atoms with Crippen LogP contribution in [-0.4, -0.2) is 22.8 Å². The van der Waals surface area contributed by atoms with Crippen LogP contribution in [0.2, 0.25) is 0 Å². The van der Waals surface area contributed by atoms with E-state index in [0.29, 0.717) is 11.1 Å². The summed E-state index contributed by atoms with van der Waals surface area (Å²) in [5, 5.41) is 0. The Balaban J connectivity index is 1.83. The van der Waals surface area contributed by atoms with E-state index >= 15 is 0 Å². The van der Waals surface area contributed by atoms with Crippen molar-refractivity contribution >= 4 is 11.6 Å². The highest BCUT2D eigenvalue weighted by molar-refractivity contribution is 6.26. The van der Waals surface area contributed by atoms with Crippen LogP contribution in [0.25, 0.3) is 0 Å². The Morgan fingerprint density at radius 1 is 1.05 bits per heavy atom. The third-order valence-electron chi connectivity index (χ3n) is 5.72. The third kappa shape index (κ3) is 0.837. The highest BCUT2D eigenvalue weighted by atomic mass is 16.6. The molecule has 0 amide bonds. The Morgan fingerprint density at radius 2 is 1.70 bits per heavy atom. The lowest BCUT2D eigenvalue weighted by Gasteiger charge is -2.42. The van der Waals surface area contributed by atoms with Crippen molar-refractivity contribution in [3.63, 3.8) is 0 Å². The van der Waals surface area contributed by atoms with Gasteiger partial charge in [0.25, 0.3) is 0 Å². The molecular weight excluding hydrogens is 252 g/mol. The molecule has 1 aromatic carbocycles. The topological polar surface area (TPSA) is 46.7 Å². The summed E-state index contributed by atoms with van der Waals surface area (Å²) in [6.07, 6.45) is 4.07. The summed E-state index contributed by atoms with van der Waals surface area (Å²) in [5.41, 5.74) is 0.561. The molecule has 0 N–H and O–H groups in total. The van der Waals surface area contributed by atoms with E-state index in [-0.39, 0.29) is 23.4 Å². The van der Waals surface area contributed by atoms with Crippen molar-refractivity contribution in [3.05, 3.63) is 47.0 Å². The molecule has 1 saturated carbocycles. The van der Waals surface area contributed by atoms with Gasteiger partial charge in [0.05, 0.1) is 0 Å². The van der Waals surface area contributed by atoms with Crippen LogP contribution in [0.4, 0.5) is 0 Å². The van der Waals surface area contributed by atoms with E-state index in [1.54, 1.807) is 12.1 Å². The molecular formula is C17H14O3. The molecule has 1 heterocycles. The summed E-state index contributed by atoms with van der Waals surface area (Å²) < 4.78 is 6.03. The van der Waals surface area contributed by atoms with Crippen LogP contribution in [0.3, 0.4) is 0 Å². The summed E-state index contributed by atoms with van der Waals surface area (Å²) in [4.78, 5) is 25.9. The summed E-state index contributed by atoms with van der Waals surface area (Å²) in [5.74, 6) is 0.190. The van der Waals surface area contributed by atoms with Gasteiger partial charge in [0.15, 0.2) is 22.8 Å². The Kier molecular flexibility index (Phi) is 1.63. The molecule has 0 unspecified atom stereocenters. The van der Waals surface area contributed by atoms with Crippen LogP contribution in [-0.2, 0) is 4.74 Å². The number of rotatable bonds is 0. The van der Waals surface area contributed by atoms with Crippen molar-refractivity contribution in [1.82, 2.24) is 0 Å². The molecule has 1 saturated heterocycles. The second kappa shape index (κ2) is 2.96. The van der Waals surface area contributed by atoms with E-state index in [1.165, 1.54) is 5.57 Å². The fourth-order valence-corrected chi connectivity index (χ4v) is 4.88. The number of carbonyl (C=O) groups excluding carboxylic acids is 2. The van der Waals surface area contributed by atoms with Gasteiger partial charge in [-0.05, 0) is 19.8 Å². The fourth-order valence-electron chi connectivity index (χ4n) is 4.88. The number of carbonyl (C=O) groups is 2. The average molecular weight is 266 g/mol. The predicted octanol–water partition coefficient (Wildman–Crippen LogP) is 2.56. The first-order chi connectivity index (χ1) is 9.63. The van der Waals surface area contributed by atoms with Gasteiger partial charge in [-0.1, -0.05) is 35.9 Å². The molecule has 4 aliphatic carbocycles. The summed E-state index contributed by atoms with van der Waals surface area (Å²) in [6, 6.07) is 7.16. The van der Waals surface area contributed by atoms with E-state index in [1.807, 2.05) is 12.1 Å². The summed E-state index contributed by atoms with van der Waals surface area (Å²) in [7, 11) is 0. The largest absolute Gasteiger partial charge is 0.344 e. The van der Waals surface area contributed by atoms with E-state index < -0.39 is 11.2 Å². The Hall–Kier alpha value is -1.74. The highest BCUT2D eigenvalue weighted by Crippen LogP contribution is 2.71. The molecule has 2 bridgehead atoms. The number of ether oxygens (including phenoxy) is 1. The standard InChI is InChI=1S/C17H14O3/c1-9-8-10-6-7-13(9)17-15(19)12-5-3-2-4-11(12)14(18)16(10,17)20-17/h2-5,8,10,13H,6-7H2,1H3/t10-,13+,16+,17-/m1/s1. The number of benzene rings is 1. The van der Waals surface area contributed by atoms with E-state index in [2.05, 4.69) is 13.0 Å². The number of epoxide rings is 1. The molecule has 0 spiro atoms. The third-order valence-corrected chi connectivity index (χ3v) is 5.72. The molecule has 5 aliphatic rings. The normalized spacial score (nSPS) is 43.5. The fraction of sp³-hybridized carbons (Fsp3) is 0.412. The highest BCUT2D eigenvalue weighted by Gasteiger charge is 2.87. The molecule has 0 aromatic heterocycles. The van der Waals surface area contributed by atoms with Gasteiger partial charge < -0.3 is 4.74 Å². The zero-order chi connectivity index (χ0) is 13.7. The number of hydrogen-bond donors (Lipinski definition) is 0. The molecule has 1 aromatic rings. The summed E-state index contributed by atoms with van der Waals surface area (Å²) in [6.45, 7) is 2.06. The molecule has 100 valence electrons. The molecule has 6 rings (SSSR count). The zero-order valence-electron chi connectivity index (χ0n) is 11.2. The lowest BCUT2D eigenvalue weighted by Crippen LogP contribution is -2.57. The Morgan fingerprint density at radius 3 is 2.35 bits per heavy atom. The minimum atomic E-state index is -0.875. The Bertz CT molecular complexity index is 732. The van der Waals surface area contributed by atoms with Crippen molar-refractivity contribution in [1.29, 1.82) is 0 Å². The van der Waals surface area contributed by atoms with Crippen LogP contribution in [0.5, 0.6) is 0 Å². The second-order valence-electron chi connectivity index (χ2n) is 6.42. The molecule has 4 atom stereocenters. The van der Waals surface area contributed by atoms with E-state index in [4.69, 9.17) is 4.74 Å². The van der Waals surface area contributed by atoms with Crippen LogP contribution >= 0.6 is 0 Å². The van der Waals surface area contributed by atoms with Gasteiger partial charge in [0.2, 0.25) is 0 Å². The second-order valence-corrected chi connectivity index (χ2v) is 6.42. The first-order valence-corrected chi connectivity index (χ1v) is 7.20. The zero-order valence-corrected chi connectivity index (χ0v) is 11.2. The van der Waals surface area contributed by atoms with Crippen LogP contribution in [0.1, 0.15) is 40.5 Å². The predicted molar refractivity (Wildman–Crippen MR) is 71.6 cm³/mol. The van der Waals surface area contributed by atoms with E-state index in [0.717, 1.165) is 12.8 Å². The average Bonchev–Trinajstić information content (AvgIpc) is 3.20. The van der Waals surface area contributed by atoms with Crippen LogP contribution in [0, 0.1) is 11.8 Å². The quantitative estimate of drug-likeness (QED) is 0.535. The molecule has 1 aliphatic heterocycles. The molecule has 2 fully saturated rings. The van der Waals surface area contributed by atoms with Gasteiger partial charge in [0, 0.05) is 23.0 Å². The van der Waals surface area contributed by atoms with Gasteiger partial charge in [0.1, 0.15) is 0 Å². The number of hydrogen-bond acceptors (Lipinski definition) is 3. The van der Waals surface area contributed by atoms with Gasteiger partial charge >= 0.3 is 0 Å². The molecule has 0 radical (unpaired) electrons. The van der Waals surface area contributed by atoms with Crippen molar-refractivity contribution in [2.45, 2.75) is 31.0 Å². The maximum atomic E-state index is 13.0. The minimum absolute atomic E-state index is 0.0196. The van der Waals surface area contributed by atoms with Gasteiger partial charge in [-0.3, -0.25) is 9.59 Å². The minimum Gasteiger partial charge on any atom is -0.344 e. The van der Waals surface area contributed by atoms with Crippen molar-refractivity contribution < 1.29 is 14.3 Å². The van der Waals surface area contributed by atoms with Gasteiger partial charge in [-0.2, -0.15) is 0 Å². The molecule has 3 heteroatoms. The molecule has 20 heavy (non-hydrogen) atoms. The van der Waals surface area contributed by atoms with Crippen LogP contribution < -0.4 is 0 Å². The first-order valence-electron chi connectivity index (χ1n) is 7.20. The number of Topliss-reactive ketones (excluding diaryl/α,β-unsaturated/α-hetero) is 2. The smallest absolute Gasteiger partial charge is 0.199 e. The maximum Gasteiger partial charge on any atom is 0.199 e. The first kappa shape index (κ1) is 11.0. The van der Waals surface area contributed by atoms with E-state index in [9.17, 15) is 9.59 Å². The molecule has 3 nitrogen and oxygen atoms in total. The number of ketones is 2. The van der Waals surface area contributed by atoms with Crippen molar-refractivity contribution in [3.8, 4) is 0 Å². The maximum absolute atomic E-state index is 13.0. The van der Waals surface area contributed by atoms with Crippen molar-refractivity contribution in [2.24, 2.45) is 11.8 Å². The number of fused-ring (bicyclic) bond motifs is 2. The summed E-state index contributed by atoms with van der Waals surface area (Å²) >= 11 is 0. The lowest BCUT2D eigenvalue weighted by atomic mass is 9.54. The Labute approximate surface area is 116 Å². The SMILES string of the molecule is CC1=C[C@H]2CC[C@@H]1[C@]13O[C@]21C(=O)c1ccccc1C3=O.